The first-order valence-corrected chi connectivity index (χ1v) is 9.38. The molecule has 0 saturated carbocycles. The molecule has 0 bridgehead atoms. The molecule has 3 aromatic carbocycles. The number of rotatable bonds is 3. The van der Waals surface area contributed by atoms with Crippen molar-refractivity contribution in [2.75, 3.05) is 18.0 Å². The molecule has 0 aliphatic carbocycles. The summed E-state index contributed by atoms with van der Waals surface area (Å²) < 4.78 is 6.82. The molecule has 1 fully saturated rings. The molecule has 1 aromatic heterocycles. The van der Waals surface area contributed by atoms with Gasteiger partial charge in [-0.25, -0.2) is 9.78 Å². The maximum atomic E-state index is 12.4. The van der Waals surface area contributed by atoms with Crippen LogP contribution in [-0.4, -0.2) is 30.1 Å². The number of benzene rings is 3. The minimum absolute atomic E-state index is 0.0824. The molecule has 0 radical (unpaired) electrons. The van der Waals surface area contributed by atoms with Gasteiger partial charge in [-0.1, -0.05) is 53.8 Å². The molecule has 1 aliphatic heterocycles. The number of aromatic nitrogens is 1. The van der Waals surface area contributed by atoms with Crippen molar-refractivity contribution in [1.29, 1.82) is 0 Å². The molecule has 4 aromatic rings. The van der Waals surface area contributed by atoms with Gasteiger partial charge in [-0.15, -0.1) is 0 Å². The molecule has 1 aliphatic rings. The molecular weight excluding hydrogens is 344 g/mol. The topological polar surface area (TPSA) is 42.4 Å². The van der Waals surface area contributed by atoms with E-state index < -0.39 is 0 Å². The summed E-state index contributed by atoms with van der Waals surface area (Å²) in [5.74, 6) is -0.260. The number of esters is 1. The molecule has 0 spiro atoms. The zero-order chi connectivity index (χ0) is 17.5. The van der Waals surface area contributed by atoms with Crippen LogP contribution in [0.15, 0.2) is 66.7 Å². The van der Waals surface area contributed by atoms with Crippen LogP contribution in [0.2, 0.25) is 0 Å². The van der Waals surface area contributed by atoms with Crippen LogP contribution in [0.5, 0.6) is 0 Å². The average molecular weight is 360 g/mol. The highest BCUT2D eigenvalue weighted by Crippen LogP contribution is 2.32. The Kier molecular flexibility index (Phi) is 3.60. The highest BCUT2D eigenvalue weighted by atomic mass is 32.1. The summed E-state index contributed by atoms with van der Waals surface area (Å²) in [6.07, 6.45) is -0.0824. The zero-order valence-corrected chi connectivity index (χ0v) is 14.8. The van der Waals surface area contributed by atoms with Crippen LogP contribution in [-0.2, 0) is 4.74 Å². The lowest BCUT2D eigenvalue weighted by molar-refractivity contribution is 0.0234. The Labute approximate surface area is 154 Å². The molecule has 5 rings (SSSR count). The minimum Gasteiger partial charge on any atom is -0.455 e. The second kappa shape index (κ2) is 6.11. The summed E-state index contributed by atoms with van der Waals surface area (Å²) in [7, 11) is 0. The fourth-order valence-electron chi connectivity index (χ4n) is 3.20. The van der Waals surface area contributed by atoms with Crippen molar-refractivity contribution < 1.29 is 9.53 Å². The van der Waals surface area contributed by atoms with Crippen molar-refractivity contribution >= 4 is 43.4 Å². The summed E-state index contributed by atoms with van der Waals surface area (Å²) in [4.78, 5) is 19.2. The van der Waals surface area contributed by atoms with Crippen molar-refractivity contribution in [1.82, 2.24) is 4.98 Å². The van der Waals surface area contributed by atoms with Gasteiger partial charge >= 0.3 is 5.97 Å². The SMILES string of the molecule is O=C(OC1CN(c2nc3ccccc3s2)C1)c1ccc2ccccc2c1. The van der Waals surface area contributed by atoms with Gasteiger partial charge in [0.2, 0.25) is 0 Å². The van der Waals surface area contributed by atoms with Gasteiger partial charge in [0.1, 0.15) is 6.10 Å². The molecule has 4 nitrogen and oxygen atoms in total. The van der Waals surface area contributed by atoms with E-state index in [0.29, 0.717) is 18.7 Å². The number of hydrogen-bond acceptors (Lipinski definition) is 5. The second-order valence-corrected chi connectivity index (χ2v) is 7.47. The zero-order valence-electron chi connectivity index (χ0n) is 14.0. The average Bonchev–Trinajstić information content (AvgIpc) is 3.07. The largest absolute Gasteiger partial charge is 0.455 e. The highest BCUT2D eigenvalue weighted by Gasteiger charge is 2.32. The van der Waals surface area contributed by atoms with Crippen LogP contribution < -0.4 is 4.90 Å². The van der Waals surface area contributed by atoms with E-state index in [-0.39, 0.29) is 12.1 Å². The van der Waals surface area contributed by atoms with Crippen molar-refractivity contribution in [2.24, 2.45) is 0 Å². The van der Waals surface area contributed by atoms with Gasteiger partial charge in [0.15, 0.2) is 5.13 Å². The van der Waals surface area contributed by atoms with Gasteiger partial charge in [0.05, 0.1) is 28.9 Å². The van der Waals surface area contributed by atoms with E-state index >= 15 is 0 Å². The third-order valence-corrected chi connectivity index (χ3v) is 5.76. The van der Waals surface area contributed by atoms with Crippen LogP contribution in [0.3, 0.4) is 0 Å². The summed E-state index contributed by atoms with van der Waals surface area (Å²) in [5, 5.41) is 3.16. The van der Waals surface area contributed by atoms with Crippen LogP contribution in [0.1, 0.15) is 10.4 Å². The monoisotopic (exact) mass is 360 g/mol. The van der Waals surface area contributed by atoms with Crippen molar-refractivity contribution in [3.05, 3.63) is 72.3 Å². The normalized spacial score (nSPS) is 14.5. The van der Waals surface area contributed by atoms with E-state index in [0.717, 1.165) is 21.4 Å². The van der Waals surface area contributed by atoms with Gasteiger partial charge in [-0.05, 0) is 35.0 Å². The van der Waals surface area contributed by atoms with E-state index in [1.165, 1.54) is 4.70 Å². The van der Waals surface area contributed by atoms with Crippen LogP contribution in [0.4, 0.5) is 5.13 Å². The van der Waals surface area contributed by atoms with Gasteiger partial charge in [-0.2, -0.15) is 0 Å². The molecule has 0 unspecified atom stereocenters. The number of ether oxygens (including phenoxy) is 1. The van der Waals surface area contributed by atoms with Crippen LogP contribution in [0, 0.1) is 0 Å². The third kappa shape index (κ3) is 2.70. The first-order chi connectivity index (χ1) is 12.8. The van der Waals surface area contributed by atoms with E-state index in [9.17, 15) is 4.79 Å². The minimum atomic E-state index is -0.260. The number of fused-ring (bicyclic) bond motifs is 2. The van der Waals surface area contributed by atoms with Gasteiger partial charge in [-0.3, -0.25) is 0 Å². The first kappa shape index (κ1) is 15.3. The quantitative estimate of drug-likeness (QED) is 0.505. The van der Waals surface area contributed by atoms with Crippen molar-refractivity contribution in [2.45, 2.75) is 6.10 Å². The smallest absolute Gasteiger partial charge is 0.338 e. The van der Waals surface area contributed by atoms with Gasteiger partial charge < -0.3 is 9.64 Å². The number of para-hydroxylation sites is 1. The van der Waals surface area contributed by atoms with E-state index in [2.05, 4.69) is 16.0 Å². The third-order valence-electron chi connectivity index (χ3n) is 4.66. The Morgan fingerprint density at radius 3 is 2.62 bits per heavy atom. The van der Waals surface area contributed by atoms with Gasteiger partial charge in [0.25, 0.3) is 0 Å². The predicted molar refractivity (Wildman–Crippen MR) is 105 cm³/mol. The molecule has 26 heavy (non-hydrogen) atoms. The molecule has 0 atom stereocenters. The molecule has 0 amide bonds. The van der Waals surface area contributed by atoms with E-state index in [1.54, 1.807) is 11.3 Å². The summed E-state index contributed by atoms with van der Waals surface area (Å²) in [6.45, 7) is 1.39. The summed E-state index contributed by atoms with van der Waals surface area (Å²) in [6, 6.07) is 21.8. The van der Waals surface area contributed by atoms with Gasteiger partial charge in [0, 0.05) is 0 Å². The highest BCUT2D eigenvalue weighted by molar-refractivity contribution is 7.22. The number of carbonyl (C=O) groups excluding carboxylic acids is 1. The summed E-state index contributed by atoms with van der Waals surface area (Å²) in [5.41, 5.74) is 1.62. The second-order valence-electron chi connectivity index (χ2n) is 6.46. The van der Waals surface area contributed by atoms with Crippen LogP contribution in [0.25, 0.3) is 21.0 Å². The van der Waals surface area contributed by atoms with E-state index in [1.807, 2.05) is 60.7 Å². The molecule has 1 saturated heterocycles. The maximum absolute atomic E-state index is 12.4. The lowest BCUT2D eigenvalue weighted by Gasteiger charge is -2.38. The maximum Gasteiger partial charge on any atom is 0.338 e. The Morgan fingerprint density at radius 2 is 1.77 bits per heavy atom. The van der Waals surface area contributed by atoms with Crippen LogP contribution >= 0.6 is 11.3 Å². The number of nitrogens with zero attached hydrogens (tertiary/aromatic N) is 2. The Hall–Kier alpha value is -2.92. The fraction of sp³-hybridized carbons (Fsp3) is 0.143. The summed E-state index contributed by atoms with van der Waals surface area (Å²) >= 11 is 1.67. The number of anilines is 1. The number of thiazole rings is 1. The standard InChI is InChI=1S/C21H16N2O2S/c24-20(16-10-9-14-5-1-2-6-15(14)11-16)25-17-12-23(13-17)21-22-18-7-3-4-8-19(18)26-21/h1-11,17H,12-13H2. The first-order valence-electron chi connectivity index (χ1n) is 8.56. The Bertz CT molecular complexity index is 1080. The number of hydrogen-bond donors (Lipinski definition) is 0. The predicted octanol–water partition coefficient (Wildman–Crippen LogP) is 4.50. The number of carbonyl (C=O) groups is 1. The molecule has 2 heterocycles. The molecule has 5 heteroatoms. The van der Waals surface area contributed by atoms with E-state index in [4.69, 9.17) is 4.74 Å². The lowest BCUT2D eigenvalue weighted by atomic mass is 10.1. The van der Waals surface area contributed by atoms with Crippen molar-refractivity contribution in [3.63, 3.8) is 0 Å². The molecule has 0 N–H and O–H groups in total. The lowest BCUT2D eigenvalue weighted by Crippen LogP contribution is -2.53. The van der Waals surface area contributed by atoms with Crippen molar-refractivity contribution in [3.8, 4) is 0 Å². The molecule has 128 valence electrons. The molecular formula is C21H16N2O2S. The fourth-order valence-corrected chi connectivity index (χ4v) is 4.18. The Balaban J connectivity index is 1.25. The Morgan fingerprint density at radius 1 is 1.00 bits per heavy atom.